The summed E-state index contributed by atoms with van der Waals surface area (Å²) in [4.78, 5) is 17.9. The molecule has 0 radical (unpaired) electrons. The molecule has 1 amide bonds. The number of benzene rings is 2. The van der Waals surface area contributed by atoms with Crippen molar-refractivity contribution in [3.05, 3.63) is 84.2 Å². The van der Waals surface area contributed by atoms with E-state index in [1.54, 1.807) is 11.3 Å². The molecule has 2 aromatic carbocycles. The van der Waals surface area contributed by atoms with E-state index in [1.807, 2.05) is 43.5 Å². The number of amides is 1. The molecule has 4 aromatic rings. The molecule has 4 heterocycles. The monoisotopic (exact) mass is 599 g/mol. The number of nitrogens with one attached hydrogen (secondary N) is 2. The molecule has 6 rings (SSSR count). The summed E-state index contributed by atoms with van der Waals surface area (Å²) < 4.78 is 7.63. The number of carbonyl (C=O) groups excluding carboxylic acids is 1. The summed E-state index contributed by atoms with van der Waals surface area (Å²) in [6, 6.07) is 23.1. The highest BCUT2D eigenvalue weighted by Gasteiger charge is 2.29. The Labute approximate surface area is 257 Å². The number of ether oxygens (including phenoxy) is 1. The summed E-state index contributed by atoms with van der Waals surface area (Å²) in [7, 11) is 0. The third kappa shape index (κ3) is 7.55. The molecule has 2 aliphatic rings. The normalized spacial score (nSPS) is 16.7. The Morgan fingerprint density at radius 1 is 0.907 bits per heavy atom. The number of carbonyl (C=O) groups is 1. The first-order chi connectivity index (χ1) is 21.1. The molecule has 0 unspecified atom stereocenters. The highest BCUT2D eigenvalue weighted by Crippen LogP contribution is 2.29. The van der Waals surface area contributed by atoms with E-state index in [1.165, 1.54) is 5.56 Å². The van der Waals surface area contributed by atoms with Crippen LogP contribution in [0.15, 0.2) is 72.9 Å². The van der Waals surface area contributed by atoms with Crippen LogP contribution in [0.5, 0.6) is 5.75 Å². The zero-order chi connectivity index (χ0) is 29.4. The topological polar surface area (TPSA) is 87.5 Å². The van der Waals surface area contributed by atoms with Crippen LogP contribution in [-0.4, -0.2) is 64.4 Å². The summed E-state index contributed by atoms with van der Waals surface area (Å²) in [5.41, 5.74) is 3.50. The van der Waals surface area contributed by atoms with Gasteiger partial charge in [0.2, 0.25) is 16.2 Å². The van der Waals surface area contributed by atoms with Crippen molar-refractivity contribution >= 4 is 28.1 Å². The van der Waals surface area contributed by atoms with Gasteiger partial charge in [-0.05, 0) is 74.6 Å². The van der Waals surface area contributed by atoms with Crippen molar-refractivity contribution in [1.82, 2.24) is 25.0 Å². The predicted octanol–water partition coefficient (Wildman–Crippen LogP) is 5.34. The van der Waals surface area contributed by atoms with Crippen molar-refractivity contribution in [3.8, 4) is 10.9 Å². The fraction of sp³-hybridized carbons (Fsp3) is 0.424. The molecule has 2 aliphatic heterocycles. The fourth-order valence-electron chi connectivity index (χ4n) is 5.94. The van der Waals surface area contributed by atoms with Gasteiger partial charge in [0.1, 0.15) is 5.75 Å². The maximum Gasteiger partial charge on any atom is 0.223 e. The third-order valence-electron chi connectivity index (χ3n) is 8.40. The molecule has 2 saturated heterocycles. The minimum atomic E-state index is 0.0655. The first-order valence-electron chi connectivity index (χ1n) is 15.4. The Hall–Kier alpha value is -3.89. The second-order valence-corrected chi connectivity index (χ2v) is 12.3. The van der Waals surface area contributed by atoms with Gasteiger partial charge in [-0.1, -0.05) is 41.7 Å². The molecule has 10 heteroatoms. The Morgan fingerprint density at radius 3 is 2.40 bits per heavy atom. The van der Waals surface area contributed by atoms with E-state index in [0.29, 0.717) is 13.2 Å². The van der Waals surface area contributed by atoms with Gasteiger partial charge in [0.05, 0.1) is 13.2 Å². The lowest BCUT2D eigenvalue weighted by Gasteiger charge is -2.35. The highest BCUT2D eigenvalue weighted by molar-refractivity contribution is 7.17. The molecule has 0 aliphatic carbocycles. The Morgan fingerprint density at radius 2 is 1.65 bits per heavy atom. The molecule has 226 valence electrons. The van der Waals surface area contributed by atoms with E-state index in [9.17, 15) is 4.79 Å². The number of likely N-dealkylation sites (tertiary alicyclic amines) is 1. The number of hydrogen-bond donors (Lipinski definition) is 2. The van der Waals surface area contributed by atoms with Gasteiger partial charge in [-0.15, -0.1) is 10.2 Å². The number of aromatic nitrogens is 3. The number of hydrogen-bond acceptors (Lipinski definition) is 8. The fourth-order valence-corrected chi connectivity index (χ4v) is 6.85. The molecule has 0 atom stereocenters. The molecule has 2 aromatic heterocycles. The second kappa shape index (κ2) is 14.1. The summed E-state index contributed by atoms with van der Waals surface area (Å²) in [6.07, 6.45) is 5.75. The first-order valence-corrected chi connectivity index (χ1v) is 16.2. The summed E-state index contributed by atoms with van der Waals surface area (Å²) in [5, 5.41) is 17.6. The van der Waals surface area contributed by atoms with Crippen LogP contribution in [0.25, 0.3) is 5.13 Å². The molecule has 9 nitrogen and oxygen atoms in total. The maximum atomic E-state index is 13.1. The van der Waals surface area contributed by atoms with E-state index in [0.717, 1.165) is 85.8 Å². The van der Waals surface area contributed by atoms with E-state index in [2.05, 4.69) is 71.6 Å². The largest absolute Gasteiger partial charge is 0.494 e. The average molecular weight is 600 g/mol. The Balaban J connectivity index is 0.953. The van der Waals surface area contributed by atoms with Crippen LogP contribution in [0, 0.1) is 5.92 Å². The van der Waals surface area contributed by atoms with Gasteiger partial charge in [0.25, 0.3) is 0 Å². The quantitative estimate of drug-likeness (QED) is 0.241. The van der Waals surface area contributed by atoms with Crippen LogP contribution in [0.3, 0.4) is 0 Å². The van der Waals surface area contributed by atoms with Gasteiger partial charge in [0, 0.05) is 62.3 Å². The van der Waals surface area contributed by atoms with Gasteiger partial charge >= 0.3 is 0 Å². The minimum absolute atomic E-state index is 0.0655. The Bertz CT molecular complexity index is 1440. The molecular weight excluding hydrogens is 558 g/mol. The van der Waals surface area contributed by atoms with Crippen molar-refractivity contribution < 1.29 is 9.53 Å². The first kappa shape index (κ1) is 29.2. The van der Waals surface area contributed by atoms with Crippen LogP contribution in [0.2, 0.25) is 0 Å². The average Bonchev–Trinajstić information content (AvgIpc) is 3.73. The zero-order valence-corrected chi connectivity index (χ0v) is 25.6. The summed E-state index contributed by atoms with van der Waals surface area (Å²) in [6.45, 7) is 7.99. The molecule has 2 fully saturated rings. The van der Waals surface area contributed by atoms with Crippen molar-refractivity contribution in [2.24, 2.45) is 5.92 Å². The van der Waals surface area contributed by atoms with Crippen LogP contribution >= 0.6 is 11.3 Å². The van der Waals surface area contributed by atoms with Crippen molar-refractivity contribution in [2.75, 3.05) is 43.0 Å². The predicted molar refractivity (Wildman–Crippen MR) is 172 cm³/mol. The molecule has 0 spiro atoms. The standard InChI is InChI=1S/C33H41N7O2S/c1-2-42-30-12-10-27(11-13-30)34-23-29-9-6-18-40(29)33-37-36-32(43-33)39-21-14-26(15-22-39)31(41)35-28-16-19-38(20-17-28)24-25-7-4-3-5-8-25/h3-13,18,26,28,34H,2,14-17,19-24H2,1H3,(H,35,41). The van der Waals surface area contributed by atoms with E-state index >= 15 is 0 Å². The lowest BCUT2D eigenvalue weighted by molar-refractivity contribution is -0.126. The van der Waals surface area contributed by atoms with E-state index < -0.39 is 0 Å². The number of anilines is 2. The van der Waals surface area contributed by atoms with Crippen molar-refractivity contribution in [2.45, 2.75) is 51.7 Å². The van der Waals surface area contributed by atoms with Crippen LogP contribution < -0.4 is 20.3 Å². The van der Waals surface area contributed by atoms with Crippen molar-refractivity contribution in [3.63, 3.8) is 0 Å². The Kier molecular flexibility index (Phi) is 9.54. The van der Waals surface area contributed by atoms with Gasteiger partial charge in [-0.2, -0.15) is 0 Å². The number of nitrogens with zero attached hydrogens (tertiary/aromatic N) is 5. The van der Waals surface area contributed by atoms with Gasteiger partial charge < -0.3 is 20.3 Å². The number of piperidine rings is 2. The van der Waals surface area contributed by atoms with E-state index in [4.69, 9.17) is 4.74 Å². The second-order valence-electron chi connectivity index (χ2n) is 11.4. The summed E-state index contributed by atoms with van der Waals surface area (Å²) >= 11 is 1.60. The molecule has 0 bridgehead atoms. The maximum absolute atomic E-state index is 13.1. The third-order valence-corrected chi connectivity index (χ3v) is 9.38. The molecular formula is C33H41N7O2S. The zero-order valence-electron chi connectivity index (χ0n) is 24.8. The van der Waals surface area contributed by atoms with E-state index in [-0.39, 0.29) is 17.9 Å². The van der Waals surface area contributed by atoms with Gasteiger partial charge in [0.15, 0.2) is 0 Å². The minimum Gasteiger partial charge on any atom is -0.494 e. The van der Waals surface area contributed by atoms with Crippen LogP contribution in [0.1, 0.15) is 43.9 Å². The van der Waals surface area contributed by atoms with Crippen LogP contribution in [0.4, 0.5) is 10.8 Å². The smallest absolute Gasteiger partial charge is 0.223 e. The van der Waals surface area contributed by atoms with Crippen molar-refractivity contribution in [1.29, 1.82) is 0 Å². The SMILES string of the molecule is CCOc1ccc(NCc2cccn2-c2nnc(N3CCC(C(=O)NC4CCN(Cc5ccccc5)CC4)CC3)s2)cc1. The molecule has 2 N–H and O–H groups in total. The lowest BCUT2D eigenvalue weighted by atomic mass is 9.95. The highest BCUT2D eigenvalue weighted by atomic mass is 32.1. The van der Waals surface area contributed by atoms with Crippen LogP contribution in [-0.2, 0) is 17.9 Å². The van der Waals surface area contributed by atoms with Gasteiger partial charge in [-0.25, -0.2) is 0 Å². The molecule has 0 saturated carbocycles. The summed E-state index contributed by atoms with van der Waals surface area (Å²) in [5.74, 6) is 1.16. The lowest BCUT2D eigenvalue weighted by Crippen LogP contribution is -2.48. The number of rotatable bonds is 11. The van der Waals surface area contributed by atoms with Gasteiger partial charge in [-0.3, -0.25) is 14.3 Å². The molecule has 43 heavy (non-hydrogen) atoms.